The third kappa shape index (κ3) is 5.67. The molecule has 83 valence electrons. The van der Waals surface area contributed by atoms with Gasteiger partial charge in [-0.1, -0.05) is 64.7 Å². The van der Waals surface area contributed by atoms with E-state index in [1.54, 1.807) is 0 Å². The Hall–Kier alpha value is 0. The highest BCUT2D eigenvalue weighted by molar-refractivity contribution is 4.88. The predicted molar refractivity (Wildman–Crippen MR) is 64.3 cm³/mol. The highest BCUT2D eigenvalue weighted by Gasteiger charge is 2.08. The molecule has 0 heteroatoms. The van der Waals surface area contributed by atoms with Crippen molar-refractivity contribution < 1.29 is 0 Å². The molecule has 0 amide bonds. The summed E-state index contributed by atoms with van der Waals surface area (Å²) in [5.41, 5.74) is 0. The Labute approximate surface area is 90.5 Å². The highest BCUT2D eigenvalue weighted by Crippen LogP contribution is 2.26. The molecule has 1 saturated carbocycles. The van der Waals surface area contributed by atoms with E-state index in [0.29, 0.717) is 0 Å². The lowest BCUT2D eigenvalue weighted by Gasteiger charge is -2.14. The van der Waals surface area contributed by atoms with Crippen molar-refractivity contribution in [1.82, 2.24) is 0 Å². The van der Waals surface area contributed by atoms with Gasteiger partial charge in [0.2, 0.25) is 0 Å². The molecule has 0 heterocycles. The van der Waals surface area contributed by atoms with Gasteiger partial charge in [0.15, 0.2) is 0 Å². The van der Waals surface area contributed by atoms with Gasteiger partial charge in [-0.2, -0.15) is 0 Å². The Balaban J connectivity index is 2.20. The van der Waals surface area contributed by atoms with Crippen LogP contribution < -0.4 is 0 Å². The van der Waals surface area contributed by atoms with Crippen molar-refractivity contribution in [3.8, 4) is 0 Å². The van der Waals surface area contributed by atoms with Crippen LogP contribution in [0.2, 0.25) is 0 Å². The Morgan fingerprint density at radius 3 is 1.57 bits per heavy atom. The molecule has 1 aliphatic carbocycles. The lowest BCUT2D eigenvalue weighted by atomic mass is 9.91. The van der Waals surface area contributed by atoms with Crippen molar-refractivity contribution in [2.24, 2.45) is 0 Å². The van der Waals surface area contributed by atoms with Crippen LogP contribution in [0, 0.1) is 5.92 Å². The van der Waals surface area contributed by atoms with Gasteiger partial charge in [0.05, 0.1) is 0 Å². The largest absolute Gasteiger partial charge is 0.0654 e. The van der Waals surface area contributed by atoms with Crippen LogP contribution in [0.1, 0.15) is 84.0 Å². The second kappa shape index (κ2) is 8.32. The third-order valence-electron chi connectivity index (χ3n) is 3.41. The zero-order chi connectivity index (χ0) is 10.1. The minimum absolute atomic E-state index is 1.36. The van der Waals surface area contributed by atoms with Gasteiger partial charge in [0, 0.05) is 0 Å². The number of rotatable bonds is 2. The lowest BCUT2D eigenvalue weighted by Crippen LogP contribution is -1.97. The molecule has 1 fully saturated rings. The van der Waals surface area contributed by atoms with E-state index in [-0.39, 0.29) is 0 Å². The van der Waals surface area contributed by atoms with Crippen LogP contribution in [-0.2, 0) is 0 Å². The average molecular weight is 195 g/mol. The maximum Gasteiger partial charge on any atom is -0.0241 e. The summed E-state index contributed by atoms with van der Waals surface area (Å²) in [5, 5.41) is 0. The molecule has 1 radical (unpaired) electrons. The van der Waals surface area contributed by atoms with Gasteiger partial charge in [-0.15, -0.1) is 0 Å². The van der Waals surface area contributed by atoms with Crippen LogP contribution in [0.15, 0.2) is 0 Å². The molecular formula is C14H27. The molecule has 0 saturated heterocycles. The Morgan fingerprint density at radius 1 is 0.714 bits per heavy atom. The summed E-state index contributed by atoms with van der Waals surface area (Å²) in [6, 6.07) is 0. The topological polar surface area (TPSA) is 0 Å². The first kappa shape index (κ1) is 12.1. The standard InChI is InChI=1S/C14H27/c1-2-11-14-12-9-7-5-3-4-6-8-10-13-14/h2-13H2,1H3. The van der Waals surface area contributed by atoms with Crippen LogP contribution >= 0.6 is 0 Å². The zero-order valence-corrected chi connectivity index (χ0v) is 9.99. The molecule has 0 unspecified atom stereocenters. The Morgan fingerprint density at radius 2 is 1.14 bits per heavy atom. The molecule has 0 spiro atoms. The molecule has 0 bridgehead atoms. The van der Waals surface area contributed by atoms with Crippen molar-refractivity contribution in [2.45, 2.75) is 84.0 Å². The molecule has 0 aromatic heterocycles. The van der Waals surface area contributed by atoms with E-state index >= 15 is 0 Å². The molecule has 0 atom stereocenters. The van der Waals surface area contributed by atoms with Gasteiger partial charge in [-0.25, -0.2) is 0 Å². The van der Waals surface area contributed by atoms with Crippen LogP contribution in [0.4, 0.5) is 0 Å². The molecular weight excluding hydrogens is 168 g/mol. The Bertz CT molecular complexity index is 105. The molecule has 1 rings (SSSR count). The third-order valence-corrected chi connectivity index (χ3v) is 3.41. The minimum Gasteiger partial charge on any atom is -0.0654 e. The van der Waals surface area contributed by atoms with Gasteiger partial charge in [0.1, 0.15) is 0 Å². The first-order valence-corrected chi connectivity index (χ1v) is 6.77. The highest BCUT2D eigenvalue weighted by atomic mass is 14.1. The van der Waals surface area contributed by atoms with E-state index in [1.165, 1.54) is 77.0 Å². The van der Waals surface area contributed by atoms with Gasteiger partial charge in [0.25, 0.3) is 0 Å². The maximum absolute atomic E-state index is 2.32. The van der Waals surface area contributed by atoms with E-state index in [0.717, 1.165) is 0 Å². The number of hydrogen-bond acceptors (Lipinski definition) is 0. The summed E-state index contributed by atoms with van der Waals surface area (Å²) in [6.45, 7) is 2.32. The smallest absolute Gasteiger partial charge is 0.0241 e. The quantitative estimate of drug-likeness (QED) is 0.562. The second-order valence-electron chi connectivity index (χ2n) is 4.83. The molecule has 0 N–H and O–H groups in total. The maximum atomic E-state index is 2.32. The summed E-state index contributed by atoms with van der Waals surface area (Å²) in [5.74, 6) is 1.87. The van der Waals surface area contributed by atoms with Gasteiger partial charge >= 0.3 is 0 Å². The average Bonchev–Trinajstić information content (AvgIpc) is 2.24. The normalized spacial score (nSPS) is 22.9. The second-order valence-corrected chi connectivity index (χ2v) is 4.83. The summed E-state index contributed by atoms with van der Waals surface area (Å²) in [6.07, 6.45) is 17.5. The van der Waals surface area contributed by atoms with Crippen LogP contribution in [-0.4, -0.2) is 0 Å². The minimum atomic E-state index is 1.36. The van der Waals surface area contributed by atoms with E-state index < -0.39 is 0 Å². The van der Waals surface area contributed by atoms with Gasteiger partial charge < -0.3 is 0 Å². The summed E-state index contributed by atoms with van der Waals surface area (Å²) in [4.78, 5) is 0. The van der Waals surface area contributed by atoms with Crippen LogP contribution in [0.5, 0.6) is 0 Å². The molecule has 0 aromatic rings. The molecule has 0 nitrogen and oxygen atoms in total. The van der Waals surface area contributed by atoms with Crippen molar-refractivity contribution in [2.75, 3.05) is 0 Å². The van der Waals surface area contributed by atoms with Crippen LogP contribution in [0.25, 0.3) is 0 Å². The SMILES string of the molecule is CCC[C]1CCCCCCCCCC1. The van der Waals surface area contributed by atoms with E-state index in [4.69, 9.17) is 0 Å². The Kier molecular flexibility index (Phi) is 7.17. The molecule has 14 heavy (non-hydrogen) atoms. The number of hydrogen-bond donors (Lipinski definition) is 0. The fraction of sp³-hybridized carbons (Fsp3) is 0.929. The van der Waals surface area contributed by atoms with Crippen molar-refractivity contribution >= 4 is 0 Å². The van der Waals surface area contributed by atoms with Gasteiger partial charge in [-0.05, 0) is 25.2 Å². The monoisotopic (exact) mass is 195 g/mol. The first-order chi connectivity index (χ1) is 6.93. The van der Waals surface area contributed by atoms with Crippen molar-refractivity contribution in [3.05, 3.63) is 5.92 Å². The van der Waals surface area contributed by atoms with E-state index in [2.05, 4.69) is 6.92 Å². The summed E-state index contributed by atoms with van der Waals surface area (Å²) >= 11 is 0. The van der Waals surface area contributed by atoms with Gasteiger partial charge in [-0.3, -0.25) is 0 Å². The molecule has 1 aliphatic rings. The van der Waals surface area contributed by atoms with Crippen molar-refractivity contribution in [3.63, 3.8) is 0 Å². The lowest BCUT2D eigenvalue weighted by molar-refractivity contribution is 0.571. The van der Waals surface area contributed by atoms with Crippen LogP contribution in [0.3, 0.4) is 0 Å². The first-order valence-electron chi connectivity index (χ1n) is 6.77. The predicted octanol–water partition coefficient (Wildman–Crippen LogP) is 5.28. The fourth-order valence-electron chi connectivity index (χ4n) is 2.54. The fourth-order valence-corrected chi connectivity index (χ4v) is 2.54. The molecule has 0 aliphatic heterocycles. The summed E-state index contributed by atoms with van der Waals surface area (Å²) in [7, 11) is 0. The molecule has 0 aromatic carbocycles. The zero-order valence-electron chi connectivity index (χ0n) is 9.99. The van der Waals surface area contributed by atoms with E-state index in [9.17, 15) is 0 Å². The summed E-state index contributed by atoms with van der Waals surface area (Å²) < 4.78 is 0. The van der Waals surface area contributed by atoms with Crippen molar-refractivity contribution in [1.29, 1.82) is 0 Å². The van der Waals surface area contributed by atoms with E-state index in [1.807, 2.05) is 5.92 Å².